The van der Waals surface area contributed by atoms with Crippen molar-refractivity contribution in [2.75, 3.05) is 6.61 Å². The lowest BCUT2D eigenvalue weighted by atomic mass is 9.92. The quantitative estimate of drug-likeness (QED) is 0.621. The summed E-state index contributed by atoms with van der Waals surface area (Å²) in [6.45, 7) is 5.64. The first-order valence-electron chi connectivity index (χ1n) is 5.54. The molecule has 1 aromatic carbocycles. The summed E-state index contributed by atoms with van der Waals surface area (Å²) in [5.41, 5.74) is -0.314. The first-order chi connectivity index (χ1) is 8.56. The Kier molecular flexibility index (Phi) is 3.06. The molecule has 1 aliphatic heterocycles. The second-order valence-electron chi connectivity index (χ2n) is 4.16. The van der Waals surface area contributed by atoms with Crippen LogP contribution in [0.25, 0.3) is 0 Å². The van der Waals surface area contributed by atoms with Crippen molar-refractivity contribution in [1.82, 2.24) is 10.6 Å². The van der Waals surface area contributed by atoms with Gasteiger partial charge in [0.25, 0.3) is 5.91 Å². The molecule has 0 saturated carbocycles. The average molecular weight is 246 g/mol. The van der Waals surface area contributed by atoms with Gasteiger partial charge in [-0.05, 0) is 24.6 Å². The monoisotopic (exact) mass is 246 g/mol. The SMILES string of the molecule is C=CCOc1ccc(C2(C)NC(=O)NC2=O)cc1. The molecule has 3 amide bonds. The van der Waals surface area contributed by atoms with Crippen LogP contribution in [0.3, 0.4) is 0 Å². The van der Waals surface area contributed by atoms with Crippen LogP contribution in [0.2, 0.25) is 0 Å². The number of amides is 3. The number of rotatable bonds is 4. The first-order valence-corrected chi connectivity index (χ1v) is 5.54. The lowest BCUT2D eigenvalue weighted by Gasteiger charge is -2.21. The van der Waals surface area contributed by atoms with E-state index in [9.17, 15) is 9.59 Å². The molecule has 1 fully saturated rings. The fourth-order valence-corrected chi connectivity index (χ4v) is 1.79. The maximum absolute atomic E-state index is 11.7. The van der Waals surface area contributed by atoms with Gasteiger partial charge in [-0.3, -0.25) is 10.1 Å². The lowest BCUT2D eigenvalue weighted by molar-refractivity contribution is -0.123. The number of carbonyl (C=O) groups excluding carboxylic acids is 2. The van der Waals surface area contributed by atoms with E-state index in [4.69, 9.17) is 4.74 Å². The molecule has 0 aromatic heterocycles. The van der Waals surface area contributed by atoms with E-state index in [0.29, 0.717) is 17.9 Å². The van der Waals surface area contributed by atoms with Crippen LogP contribution in [0.4, 0.5) is 4.79 Å². The van der Waals surface area contributed by atoms with Crippen LogP contribution in [0.15, 0.2) is 36.9 Å². The highest BCUT2D eigenvalue weighted by molar-refractivity contribution is 6.07. The maximum Gasteiger partial charge on any atom is 0.322 e. The molecular weight excluding hydrogens is 232 g/mol. The molecule has 1 unspecified atom stereocenters. The van der Waals surface area contributed by atoms with E-state index in [1.54, 1.807) is 37.3 Å². The van der Waals surface area contributed by atoms with Gasteiger partial charge < -0.3 is 10.1 Å². The van der Waals surface area contributed by atoms with E-state index >= 15 is 0 Å². The highest BCUT2D eigenvalue weighted by Crippen LogP contribution is 2.26. The Morgan fingerprint density at radius 2 is 2.00 bits per heavy atom. The maximum atomic E-state index is 11.7. The van der Waals surface area contributed by atoms with Crippen molar-refractivity contribution in [2.45, 2.75) is 12.5 Å². The molecule has 1 aromatic rings. The molecule has 5 nitrogen and oxygen atoms in total. The van der Waals surface area contributed by atoms with E-state index in [1.807, 2.05) is 0 Å². The van der Waals surface area contributed by atoms with Gasteiger partial charge in [-0.15, -0.1) is 0 Å². The van der Waals surface area contributed by atoms with Crippen LogP contribution >= 0.6 is 0 Å². The number of benzene rings is 1. The lowest BCUT2D eigenvalue weighted by Crippen LogP contribution is -2.40. The van der Waals surface area contributed by atoms with Crippen LogP contribution in [-0.2, 0) is 10.3 Å². The topological polar surface area (TPSA) is 67.4 Å². The third-order valence-electron chi connectivity index (χ3n) is 2.84. The van der Waals surface area contributed by atoms with Gasteiger partial charge in [-0.2, -0.15) is 0 Å². The Hall–Kier alpha value is -2.30. The van der Waals surface area contributed by atoms with Crippen LogP contribution in [0, 0.1) is 0 Å². The van der Waals surface area contributed by atoms with Gasteiger partial charge in [0.05, 0.1) is 0 Å². The number of hydrogen-bond donors (Lipinski definition) is 2. The van der Waals surface area contributed by atoms with E-state index in [-0.39, 0.29) is 5.91 Å². The molecule has 5 heteroatoms. The van der Waals surface area contributed by atoms with Crippen LogP contribution in [0.5, 0.6) is 5.75 Å². The van der Waals surface area contributed by atoms with E-state index in [2.05, 4.69) is 17.2 Å². The standard InChI is InChI=1S/C13H14N2O3/c1-3-8-18-10-6-4-9(5-7-10)13(2)11(16)14-12(17)15-13/h3-7H,1,8H2,2H3,(H2,14,15,16,17). The number of hydrogen-bond acceptors (Lipinski definition) is 3. The Bertz CT molecular complexity index is 495. The molecule has 2 rings (SSSR count). The smallest absolute Gasteiger partial charge is 0.322 e. The van der Waals surface area contributed by atoms with E-state index < -0.39 is 11.6 Å². The average Bonchev–Trinajstić information content (AvgIpc) is 2.62. The van der Waals surface area contributed by atoms with Crippen molar-refractivity contribution in [2.24, 2.45) is 0 Å². The van der Waals surface area contributed by atoms with Crippen molar-refractivity contribution in [3.63, 3.8) is 0 Å². The van der Waals surface area contributed by atoms with Gasteiger partial charge in [0.15, 0.2) is 0 Å². The number of nitrogens with one attached hydrogen (secondary N) is 2. The summed E-state index contributed by atoms with van der Waals surface area (Å²) in [6.07, 6.45) is 1.65. The predicted molar refractivity (Wildman–Crippen MR) is 66.2 cm³/mol. The minimum absolute atomic E-state index is 0.354. The molecule has 1 saturated heterocycles. The molecule has 0 bridgehead atoms. The summed E-state index contributed by atoms with van der Waals surface area (Å²) >= 11 is 0. The molecule has 0 aliphatic carbocycles. The van der Waals surface area contributed by atoms with Crippen molar-refractivity contribution < 1.29 is 14.3 Å². The molecule has 1 aliphatic rings. The van der Waals surface area contributed by atoms with Gasteiger partial charge in [0.1, 0.15) is 17.9 Å². The Morgan fingerprint density at radius 3 is 2.50 bits per heavy atom. The second kappa shape index (κ2) is 4.52. The summed E-state index contributed by atoms with van der Waals surface area (Å²) in [4.78, 5) is 22.9. The molecule has 18 heavy (non-hydrogen) atoms. The molecule has 2 N–H and O–H groups in total. The summed E-state index contributed by atoms with van der Waals surface area (Å²) in [5.74, 6) is 0.333. The number of carbonyl (C=O) groups is 2. The van der Waals surface area contributed by atoms with Crippen molar-refractivity contribution >= 4 is 11.9 Å². The van der Waals surface area contributed by atoms with Gasteiger partial charge in [0, 0.05) is 0 Å². The zero-order valence-electron chi connectivity index (χ0n) is 10.0. The minimum Gasteiger partial charge on any atom is -0.490 e. The van der Waals surface area contributed by atoms with E-state index in [0.717, 1.165) is 0 Å². The van der Waals surface area contributed by atoms with Gasteiger partial charge >= 0.3 is 6.03 Å². The summed E-state index contributed by atoms with van der Waals surface area (Å²) in [6, 6.07) is 6.53. The molecule has 94 valence electrons. The molecule has 1 atom stereocenters. The third-order valence-corrected chi connectivity index (χ3v) is 2.84. The Balaban J connectivity index is 2.21. The summed E-state index contributed by atoms with van der Waals surface area (Å²) in [7, 11) is 0. The highest BCUT2D eigenvalue weighted by atomic mass is 16.5. The Morgan fingerprint density at radius 1 is 1.33 bits per heavy atom. The Labute approximate surface area is 105 Å². The fraction of sp³-hybridized carbons (Fsp3) is 0.231. The van der Waals surface area contributed by atoms with Gasteiger partial charge in [-0.1, -0.05) is 24.8 Å². The van der Waals surface area contributed by atoms with Crippen LogP contribution in [0.1, 0.15) is 12.5 Å². The number of ether oxygens (including phenoxy) is 1. The van der Waals surface area contributed by atoms with Gasteiger partial charge in [-0.25, -0.2) is 4.79 Å². The second-order valence-corrected chi connectivity index (χ2v) is 4.16. The van der Waals surface area contributed by atoms with Crippen molar-refractivity contribution in [3.8, 4) is 5.75 Å². The minimum atomic E-state index is -1.02. The highest BCUT2D eigenvalue weighted by Gasteiger charge is 2.43. The predicted octanol–water partition coefficient (Wildman–Crippen LogP) is 1.31. The van der Waals surface area contributed by atoms with Crippen molar-refractivity contribution in [3.05, 3.63) is 42.5 Å². The zero-order chi connectivity index (χ0) is 13.2. The first kappa shape index (κ1) is 12.2. The number of urea groups is 1. The van der Waals surface area contributed by atoms with Crippen LogP contribution in [-0.4, -0.2) is 18.5 Å². The molecular formula is C13H14N2O3. The molecule has 0 spiro atoms. The summed E-state index contributed by atoms with van der Waals surface area (Å²) in [5, 5.41) is 4.82. The van der Waals surface area contributed by atoms with Gasteiger partial charge in [0.2, 0.25) is 0 Å². The molecule has 1 heterocycles. The molecule has 0 radical (unpaired) electrons. The van der Waals surface area contributed by atoms with Crippen molar-refractivity contribution in [1.29, 1.82) is 0 Å². The third kappa shape index (κ3) is 2.07. The summed E-state index contributed by atoms with van der Waals surface area (Å²) < 4.78 is 5.35. The van der Waals surface area contributed by atoms with E-state index in [1.165, 1.54) is 0 Å². The largest absolute Gasteiger partial charge is 0.490 e. The normalized spacial score (nSPS) is 22.3. The number of imide groups is 1. The fourth-order valence-electron chi connectivity index (χ4n) is 1.79. The van der Waals surface area contributed by atoms with Crippen LogP contribution < -0.4 is 15.4 Å². The zero-order valence-corrected chi connectivity index (χ0v) is 10.0.